The Kier molecular flexibility index (Phi) is 3.32. The molecule has 6 heteroatoms. The zero-order valence-corrected chi connectivity index (χ0v) is 13.1. The smallest absolute Gasteiger partial charge is 0.244 e. The van der Waals surface area contributed by atoms with E-state index in [1.807, 2.05) is 30.0 Å². The summed E-state index contributed by atoms with van der Waals surface area (Å²) in [7, 11) is 3.67. The van der Waals surface area contributed by atoms with Crippen molar-refractivity contribution in [3.63, 3.8) is 0 Å². The average Bonchev–Trinajstić information content (AvgIpc) is 2.73. The highest BCUT2D eigenvalue weighted by atomic mass is 79.9. The Hall–Kier alpha value is -0.980. The van der Waals surface area contributed by atoms with Gasteiger partial charge in [-0.05, 0) is 25.2 Å². The molecular formula is C13H14BrN3OS. The fourth-order valence-corrected chi connectivity index (χ4v) is 3.92. The molecule has 1 N–H and O–H groups in total. The zero-order chi connectivity index (χ0) is 13.6. The van der Waals surface area contributed by atoms with E-state index in [9.17, 15) is 4.79 Å². The summed E-state index contributed by atoms with van der Waals surface area (Å²) < 4.78 is 1.92. The van der Waals surface area contributed by atoms with E-state index in [4.69, 9.17) is 0 Å². The normalized spacial score (nSPS) is 19.6. The summed E-state index contributed by atoms with van der Waals surface area (Å²) in [6.45, 7) is 0. The van der Waals surface area contributed by atoms with Gasteiger partial charge in [0.1, 0.15) is 0 Å². The lowest BCUT2D eigenvalue weighted by Crippen LogP contribution is -2.44. The molecule has 1 aromatic carbocycles. The van der Waals surface area contributed by atoms with Crippen molar-refractivity contribution in [3.8, 4) is 0 Å². The molecule has 19 heavy (non-hydrogen) atoms. The third kappa shape index (κ3) is 2.07. The number of hydrogen-bond acceptors (Lipinski definition) is 3. The van der Waals surface area contributed by atoms with Crippen molar-refractivity contribution >= 4 is 50.4 Å². The Morgan fingerprint density at radius 1 is 1.47 bits per heavy atom. The van der Waals surface area contributed by atoms with E-state index in [1.165, 1.54) is 0 Å². The molecule has 3 rings (SSSR count). The molecule has 4 nitrogen and oxygen atoms in total. The van der Waals surface area contributed by atoms with Crippen molar-refractivity contribution in [1.82, 2.24) is 8.91 Å². The number of carbonyl (C=O) groups excluding carboxylic acids is 1. The second-order valence-corrected chi connectivity index (χ2v) is 6.38. The Bertz CT molecular complexity index is 655. The van der Waals surface area contributed by atoms with Crippen molar-refractivity contribution in [2.75, 3.05) is 24.7 Å². The first-order valence-corrected chi connectivity index (χ1v) is 7.70. The Labute approximate surface area is 124 Å². The van der Waals surface area contributed by atoms with Crippen LogP contribution in [0.4, 0.5) is 5.69 Å². The lowest BCUT2D eigenvalue weighted by molar-refractivity contribution is -0.119. The van der Waals surface area contributed by atoms with E-state index in [2.05, 4.69) is 33.6 Å². The molecule has 0 aliphatic carbocycles. The second kappa shape index (κ2) is 4.85. The predicted octanol–water partition coefficient (Wildman–Crippen LogP) is 2.46. The number of carbonyl (C=O) groups is 1. The molecule has 1 aliphatic heterocycles. The van der Waals surface area contributed by atoms with Gasteiger partial charge in [0, 0.05) is 29.3 Å². The predicted molar refractivity (Wildman–Crippen MR) is 83.2 cm³/mol. The Morgan fingerprint density at radius 2 is 2.26 bits per heavy atom. The van der Waals surface area contributed by atoms with Crippen LogP contribution < -0.4 is 10.2 Å². The van der Waals surface area contributed by atoms with E-state index in [-0.39, 0.29) is 11.9 Å². The summed E-state index contributed by atoms with van der Waals surface area (Å²) in [5.41, 5.74) is 2.11. The standard InChI is InChI=1S/C13H14BrN3OS/c1-15-9-7-19-12-6-10-8(3-4-17(10)14)5-11(12)16(2)13(9)18/h3-6,9,15H,7H2,1-2H3/t9-/m0/s1. The SMILES string of the molecule is CN[C@H]1CSc2cc3c(ccn3Br)cc2N(C)C1=O. The van der Waals surface area contributed by atoms with Crippen LogP contribution in [0.15, 0.2) is 29.3 Å². The van der Waals surface area contributed by atoms with Crippen LogP contribution in [-0.4, -0.2) is 35.4 Å². The summed E-state index contributed by atoms with van der Waals surface area (Å²) in [5.74, 6) is 0.868. The van der Waals surface area contributed by atoms with E-state index >= 15 is 0 Å². The molecule has 0 saturated heterocycles. The Balaban J connectivity index is 2.15. The largest absolute Gasteiger partial charge is 0.313 e. The van der Waals surface area contributed by atoms with Gasteiger partial charge in [-0.15, -0.1) is 11.8 Å². The fraction of sp³-hybridized carbons (Fsp3) is 0.308. The van der Waals surface area contributed by atoms with Gasteiger partial charge in [-0.1, -0.05) is 0 Å². The van der Waals surface area contributed by atoms with Crippen LogP contribution in [0.3, 0.4) is 0 Å². The van der Waals surface area contributed by atoms with Crippen LogP contribution in [0.1, 0.15) is 0 Å². The number of benzene rings is 1. The van der Waals surface area contributed by atoms with Crippen LogP contribution in [0.2, 0.25) is 0 Å². The minimum absolute atomic E-state index is 0.117. The first kappa shape index (κ1) is 13.0. The third-order valence-corrected chi connectivity index (χ3v) is 5.22. The molecule has 0 saturated carbocycles. The van der Waals surface area contributed by atoms with E-state index < -0.39 is 0 Å². The molecule has 1 atom stereocenters. The number of rotatable bonds is 1. The van der Waals surface area contributed by atoms with E-state index in [0.717, 1.165) is 27.2 Å². The summed E-state index contributed by atoms with van der Waals surface area (Å²) in [6, 6.07) is 6.11. The fourth-order valence-electron chi connectivity index (χ4n) is 2.30. The molecule has 1 amide bonds. The molecule has 0 bridgehead atoms. The van der Waals surface area contributed by atoms with Crippen molar-refractivity contribution in [2.45, 2.75) is 10.9 Å². The Morgan fingerprint density at radius 3 is 3.00 bits per heavy atom. The summed E-state index contributed by atoms with van der Waals surface area (Å²) in [6.07, 6.45) is 1.97. The average molecular weight is 340 g/mol. The number of nitrogens with one attached hydrogen (secondary N) is 1. The minimum Gasteiger partial charge on any atom is -0.313 e. The van der Waals surface area contributed by atoms with Gasteiger partial charge in [-0.25, -0.2) is 0 Å². The van der Waals surface area contributed by atoms with Crippen LogP contribution in [0.5, 0.6) is 0 Å². The molecule has 2 aromatic rings. The monoisotopic (exact) mass is 339 g/mol. The van der Waals surface area contributed by atoms with Crippen molar-refractivity contribution < 1.29 is 4.79 Å². The highest BCUT2D eigenvalue weighted by molar-refractivity contribution is 9.08. The lowest BCUT2D eigenvalue weighted by Gasteiger charge is -2.20. The molecule has 2 heterocycles. The maximum absolute atomic E-state index is 12.3. The molecule has 100 valence electrons. The van der Waals surface area contributed by atoms with Crippen LogP contribution in [-0.2, 0) is 4.79 Å². The first-order valence-electron chi connectivity index (χ1n) is 6.00. The van der Waals surface area contributed by atoms with Crippen LogP contribution in [0, 0.1) is 0 Å². The highest BCUT2D eigenvalue weighted by Crippen LogP contribution is 2.37. The third-order valence-electron chi connectivity index (χ3n) is 3.47. The van der Waals surface area contributed by atoms with Gasteiger partial charge < -0.3 is 10.2 Å². The quantitative estimate of drug-likeness (QED) is 0.867. The number of thioether (sulfide) groups is 1. The number of anilines is 1. The highest BCUT2D eigenvalue weighted by Gasteiger charge is 2.27. The molecule has 1 aromatic heterocycles. The maximum atomic E-state index is 12.3. The van der Waals surface area contributed by atoms with Crippen molar-refractivity contribution in [1.29, 1.82) is 0 Å². The molecular weight excluding hydrogens is 326 g/mol. The van der Waals surface area contributed by atoms with Gasteiger partial charge in [-0.3, -0.25) is 8.39 Å². The first-order chi connectivity index (χ1) is 9.11. The number of fused-ring (bicyclic) bond motifs is 2. The van der Waals surface area contributed by atoms with Crippen LogP contribution in [0.25, 0.3) is 10.9 Å². The number of likely N-dealkylation sites (N-methyl/N-ethyl adjacent to an activating group) is 2. The topological polar surface area (TPSA) is 37.3 Å². The van der Waals surface area contributed by atoms with Gasteiger partial charge in [0.05, 0.1) is 33.4 Å². The molecule has 0 spiro atoms. The zero-order valence-electron chi connectivity index (χ0n) is 10.7. The molecule has 0 radical (unpaired) electrons. The van der Waals surface area contributed by atoms with Gasteiger partial charge in [0.25, 0.3) is 0 Å². The minimum atomic E-state index is -0.132. The number of hydrogen-bond donors (Lipinski definition) is 1. The van der Waals surface area contributed by atoms with Crippen LogP contribution >= 0.6 is 27.9 Å². The van der Waals surface area contributed by atoms with Crippen molar-refractivity contribution in [2.24, 2.45) is 0 Å². The van der Waals surface area contributed by atoms with Gasteiger partial charge in [0.2, 0.25) is 5.91 Å². The number of aromatic nitrogens is 1. The number of halogens is 1. The number of amides is 1. The van der Waals surface area contributed by atoms with Gasteiger partial charge in [-0.2, -0.15) is 0 Å². The summed E-state index contributed by atoms with van der Waals surface area (Å²) in [5, 5.41) is 4.20. The number of nitrogens with zero attached hydrogens (tertiary/aromatic N) is 2. The molecule has 1 aliphatic rings. The lowest BCUT2D eigenvalue weighted by atomic mass is 10.2. The van der Waals surface area contributed by atoms with E-state index in [1.54, 1.807) is 16.7 Å². The van der Waals surface area contributed by atoms with Crippen molar-refractivity contribution in [3.05, 3.63) is 24.4 Å². The maximum Gasteiger partial charge on any atom is 0.244 e. The summed E-state index contributed by atoms with van der Waals surface area (Å²) in [4.78, 5) is 15.2. The van der Waals surface area contributed by atoms with Gasteiger partial charge >= 0.3 is 0 Å². The van der Waals surface area contributed by atoms with Gasteiger partial charge in [0.15, 0.2) is 0 Å². The molecule has 0 unspecified atom stereocenters. The summed E-state index contributed by atoms with van der Waals surface area (Å²) >= 11 is 5.20. The van der Waals surface area contributed by atoms with E-state index in [0.29, 0.717) is 0 Å². The molecule has 0 fully saturated rings. The second-order valence-electron chi connectivity index (χ2n) is 4.56.